The summed E-state index contributed by atoms with van der Waals surface area (Å²) in [4.78, 5) is 13.1. The molecule has 28 heavy (non-hydrogen) atoms. The first-order valence-corrected chi connectivity index (χ1v) is 9.59. The van der Waals surface area contributed by atoms with Crippen molar-refractivity contribution in [3.05, 3.63) is 59.1 Å². The highest BCUT2D eigenvalue weighted by atomic mass is 16.5. The fourth-order valence-corrected chi connectivity index (χ4v) is 3.55. The van der Waals surface area contributed by atoms with E-state index in [2.05, 4.69) is 46.3 Å². The maximum atomic E-state index is 10.8. The highest BCUT2D eigenvalue weighted by molar-refractivity contribution is 5.67. The third-order valence-corrected chi connectivity index (χ3v) is 5.02. The second kappa shape index (κ2) is 7.98. The number of rotatable bonds is 6. The average molecular weight is 380 g/mol. The molecule has 1 N–H and O–H groups in total. The number of nitrogens with zero attached hydrogens (tertiary/aromatic N) is 4. The van der Waals surface area contributed by atoms with Gasteiger partial charge < -0.3 is 9.63 Å². The molecule has 0 radical (unpaired) electrons. The third kappa shape index (κ3) is 4.31. The molecule has 1 aliphatic heterocycles. The summed E-state index contributed by atoms with van der Waals surface area (Å²) in [6.07, 6.45) is 1.57. The molecule has 0 saturated heterocycles. The van der Waals surface area contributed by atoms with Crippen molar-refractivity contribution in [3.63, 3.8) is 0 Å². The molecule has 2 aromatic heterocycles. The van der Waals surface area contributed by atoms with Crippen LogP contribution in [0.4, 0.5) is 0 Å². The van der Waals surface area contributed by atoms with Gasteiger partial charge in [-0.05, 0) is 19.4 Å². The van der Waals surface area contributed by atoms with Crippen LogP contribution in [0.2, 0.25) is 0 Å². The van der Waals surface area contributed by atoms with Crippen LogP contribution in [0, 0.1) is 6.92 Å². The predicted molar refractivity (Wildman–Crippen MR) is 104 cm³/mol. The minimum Gasteiger partial charge on any atom is -0.481 e. The van der Waals surface area contributed by atoms with Crippen molar-refractivity contribution in [2.75, 3.05) is 6.54 Å². The van der Waals surface area contributed by atoms with Gasteiger partial charge in [0.1, 0.15) is 5.69 Å². The van der Waals surface area contributed by atoms with E-state index in [9.17, 15) is 4.79 Å². The minimum atomic E-state index is -0.792. The van der Waals surface area contributed by atoms with Gasteiger partial charge in [-0.25, -0.2) is 0 Å². The molecule has 0 saturated carbocycles. The predicted octanol–water partition coefficient (Wildman–Crippen LogP) is 3.27. The first-order chi connectivity index (χ1) is 13.6. The Balaban J connectivity index is 1.43. The number of carbonyl (C=O) groups is 1. The van der Waals surface area contributed by atoms with Gasteiger partial charge in [0.15, 0.2) is 5.76 Å². The molecule has 3 heterocycles. The van der Waals surface area contributed by atoms with E-state index >= 15 is 0 Å². The number of carboxylic acids is 1. The molecule has 146 valence electrons. The molecule has 4 rings (SSSR count). The van der Waals surface area contributed by atoms with Gasteiger partial charge in [-0.15, -0.1) is 0 Å². The zero-order valence-electron chi connectivity index (χ0n) is 16.0. The fraction of sp³-hybridized carbons (Fsp3) is 0.381. The molecular formula is C21H24N4O3. The average Bonchev–Trinajstić information content (AvgIpc) is 3.23. The van der Waals surface area contributed by atoms with Crippen LogP contribution in [0.5, 0.6) is 0 Å². The summed E-state index contributed by atoms with van der Waals surface area (Å²) in [6, 6.07) is 12.3. The SMILES string of the molecule is Cc1ccc(-c2cc(CN3CCCn4nc(CCC(=O)O)cc4C3)on2)cc1. The molecule has 0 bridgehead atoms. The van der Waals surface area contributed by atoms with E-state index in [4.69, 9.17) is 9.63 Å². The third-order valence-electron chi connectivity index (χ3n) is 5.02. The molecule has 0 unspecified atom stereocenters. The minimum absolute atomic E-state index is 0.111. The lowest BCUT2D eigenvalue weighted by molar-refractivity contribution is -0.136. The Morgan fingerprint density at radius 1 is 1.21 bits per heavy atom. The highest BCUT2D eigenvalue weighted by Crippen LogP contribution is 2.22. The van der Waals surface area contributed by atoms with Gasteiger partial charge in [-0.3, -0.25) is 14.4 Å². The van der Waals surface area contributed by atoms with Crippen molar-refractivity contribution < 1.29 is 14.4 Å². The van der Waals surface area contributed by atoms with E-state index < -0.39 is 5.97 Å². The van der Waals surface area contributed by atoms with Crippen LogP contribution in [-0.2, 0) is 30.8 Å². The van der Waals surface area contributed by atoms with Crippen molar-refractivity contribution in [3.8, 4) is 11.3 Å². The van der Waals surface area contributed by atoms with Crippen LogP contribution in [-0.4, -0.2) is 37.5 Å². The second-order valence-electron chi connectivity index (χ2n) is 7.35. The molecule has 0 aliphatic carbocycles. The Labute approximate surface area is 163 Å². The molecule has 7 nitrogen and oxygen atoms in total. The summed E-state index contributed by atoms with van der Waals surface area (Å²) >= 11 is 0. The van der Waals surface area contributed by atoms with Gasteiger partial charge in [-0.2, -0.15) is 5.10 Å². The van der Waals surface area contributed by atoms with E-state index in [1.165, 1.54) is 5.56 Å². The lowest BCUT2D eigenvalue weighted by Gasteiger charge is -2.17. The van der Waals surface area contributed by atoms with Crippen LogP contribution in [0.1, 0.15) is 35.6 Å². The Hall–Kier alpha value is -2.93. The summed E-state index contributed by atoms with van der Waals surface area (Å²) in [5.41, 5.74) is 5.09. The molecular weight excluding hydrogens is 356 g/mol. The Morgan fingerprint density at radius 2 is 2.04 bits per heavy atom. The van der Waals surface area contributed by atoms with Gasteiger partial charge in [0, 0.05) is 37.7 Å². The molecule has 0 atom stereocenters. The van der Waals surface area contributed by atoms with E-state index in [0.717, 1.165) is 54.5 Å². The summed E-state index contributed by atoms with van der Waals surface area (Å²) in [6.45, 7) is 5.32. The van der Waals surface area contributed by atoms with Gasteiger partial charge >= 0.3 is 5.97 Å². The summed E-state index contributed by atoms with van der Waals surface area (Å²) in [7, 11) is 0. The second-order valence-corrected chi connectivity index (χ2v) is 7.35. The highest BCUT2D eigenvalue weighted by Gasteiger charge is 2.19. The van der Waals surface area contributed by atoms with Crippen LogP contribution >= 0.6 is 0 Å². The fourth-order valence-electron chi connectivity index (χ4n) is 3.55. The summed E-state index contributed by atoms with van der Waals surface area (Å²) in [5, 5.41) is 17.7. The maximum Gasteiger partial charge on any atom is 0.303 e. The van der Waals surface area contributed by atoms with Crippen molar-refractivity contribution in [1.29, 1.82) is 0 Å². The molecule has 0 fully saturated rings. The molecule has 1 aliphatic rings. The van der Waals surface area contributed by atoms with Crippen molar-refractivity contribution >= 4 is 5.97 Å². The number of hydrogen-bond acceptors (Lipinski definition) is 5. The summed E-state index contributed by atoms with van der Waals surface area (Å²) in [5.74, 6) is 0.0501. The zero-order valence-corrected chi connectivity index (χ0v) is 16.0. The van der Waals surface area contributed by atoms with E-state index in [1.54, 1.807) is 0 Å². The van der Waals surface area contributed by atoms with Crippen LogP contribution < -0.4 is 0 Å². The number of aryl methyl sites for hydroxylation is 3. The van der Waals surface area contributed by atoms with E-state index in [1.807, 2.05) is 16.8 Å². The van der Waals surface area contributed by atoms with Gasteiger partial charge in [0.05, 0.1) is 24.4 Å². The molecule has 0 spiro atoms. The maximum absolute atomic E-state index is 10.8. The quantitative estimate of drug-likeness (QED) is 0.707. The monoisotopic (exact) mass is 380 g/mol. The Bertz CT molecular complexity index is 958. The van der Waals surface area contributed by atoms with Gasteiger partial charge in [0.25, 0.3) is 0 Å². The van der Waals surface area contributed by atoms with Gasteiger partial charge in [-0.1, -0.05) is 35.0 Å². The van der Waals surface area contributed by atoms with Crippen molar-refractivity contribution in [2.45, 2.75) is 45.8 Å². The number of fused-ring (bicyclic) bond motifs is 1. The van der Waals surface area contributed by atoms with Crippen LogP contribution in [0.15, 0.2) is 40.9 Å². The number of aliphatic carboxylic acids is 1. The Kier molecular flexibility index (Phi) is 5.25. The molecule has 0 amide bonds. The lowest BCUT2D eigenvalue weighted by Crippen LogP contribution is -2.22. The lowest BCUT2D eigenvalue weighted by atomic mass is 10.1. The number of aromatic nitrogens is 3. The standard InChI is InChI=1S/C21H24N4O3/c1-15-3-5-16(6-4-15)20-12-19(28-23-20)14-24-9-2-10-25-18(13-24)11-17(22-25)7-8-21(26)27/h3-6,11-12H,2,7-10,13-14H2,1H3,(H,26,27). The number of hydrogen-bond donors (Lipinski definition) is 1. The van der Waals surface area contributed by atoms with Crippen molar-refractivity contribution in [2.24, 2.45) is 0 Å². The largest absolute Gasteiger partial charge is 0.481 e. The topological polar surface area (TPSA) is 84.4 Å². The number of benzene rings is 1. The Morgan fingerprint density at radius 3 is 2.82 bits per heavy atom. The van der Waals surface area contributed by atoms with Crippen LogP contribution in [0.25, 0.3) is 11.3 Å². The van der Waals surface area contributed by atoms with Gasteiger partial charge in [0.2, 0.25) is 0 Å². The molecule has 1 aromatic carbocycles. The van der Waals surface area contributed by atoms with E-state index in [0.29, 0.717) is 13.0 Å². The van der Waals surface area contributed by atoms with Crippen molar-refractivity contribution in [1.82, 2.24) is 19.8 Å². The smallest absolute Gasteiger partial charge is 0.303 e. The normalized spacial score (nSPS) is 14.6. The molecule has 3 aromatic rings. The van der Waals surface area contributed by atoms with E-state index in [-0.39, 0.29) is 6.42 Å². The zero-order chi connectivity index (χ0) is 19.5. The number of carboxylic acid groups (broad SMARTS) is 1. The molecule has 7 heteroatoms. The first-order valence-electron chi connectivity index (χ1n) is 9.59. The van der Waals surface area contributed by atoms with Crippen LogP contribution in [0.3, 0.4) is 0 Å². The summed E-state index contributed by atoms with van der Waals surface area (Å²) < 4.78 is 7.58. The first kappa shape index (κ1) is 18.4.